The Hall–Kier alpha value is -3.23. The monoisotopic (exact) mass is 491 g/mol. The van der Waals surface area contributed by atoms with Gasteiger partial charge in [0, 0.05) is 76.6 Å². The summed E-state index contributed by atoms with van der Waals surface area (Å²) in [7, 11) is 2.13. The molecule has 5 rings (SSSR count). The summed E-state index contributed by atoms with van der Waals surface area (Å²) in [6.45, 7) is 3.90. The number of benzene rings is 2. The number of likely N-dealkylation sites (N-methyl/N-ethyl adjacent to an activating group) is 1. The van der Waals surface area contributed by atoms with Crippen LogP contribution in [0.1, 0.15) is 10.4 Å². The molecule has 1 amide bonds. The van der Waals surface area contributed by atoms with Crippen LogP contribution >= 0.6 is 15.9 Å². The number of nitrogens with one attached hydrogen (secondary N) is 2. The molecule has 0 radical (unpaired) electrons. The van der Waals surface area contributed by atoms with Crippen molar-refractivity contribution >= 4 is 54.9 Å². The van der Waals surface area contributed by atoms with Crippen molar-refractivity contribution in [2.24, 2.45) is 0 Å². The van der Waals surface area contributed by atoms with E-state index in [0.29, 0.717) is 16.6 Å². The van der Waals surface area contributed by atoms with E-state index in [4.69, 9.17) is 0 Å². The molecule has 2 N–H and O–H groups in total. The molecular weight excluding hydrogens is 470 g/mol. The number of carbonyl (C=O) groups excluding carboxylic acids is 1. The third kappa shape index (κ3) is 3.76. The quantitative estimate of drug-likeness (QED) is 0.454. The van der Waals surface area contributed by atoms with E-state index in [0.717, 1.165) is 47.1 Å². The van der Waals surface area contributed by atoms with Gasteiger partial charge in [0.15, 0.2) is 0 Å². The van der Waals surface area contributed by atoms with E-state index in [1.807, 2.05) is 24.3 Å². The minimum atomic E-state index is -0.453. The zero-order valence-electron chi connectivity index (χ0n) is 17.6. The summed E-state index contributed by atoms with van der Waals surface area (Å²) >= 11 is 3.38. The van der Waals surface area contributed by atoms with E-state index in [1.165, 1.54) is 6.20 Å². The molecule has 0 unspecified atom stereocenters. The Morgan fingerprint density at radius 2 is 1.88 bits per heavy atom. The van der Waals surface area contributed by atoms with Gasteiger partial charge in [0.25, 0.3) is 5.91 Å². The van der Waals surface area contributed by atoms with Crippen LogP contribution in [0.3, 0.4) is 0 Å². The highest BCUT2D eigenvalue weighted by Gasteiger charge is 2.19. The largest absolute Gasteiger partial charge is 0.368 e. The van der Waals surface area contributed by atoms with Crippen LogP contribution in [0.15, 0.2) is 64.3 Å². The van der Waals surface area contributed by atoms with Crippen molar-refractivity contribution in [2.75, 3.05) is 43.4 Å². The molecule has 3 heterocycles. The van der Waals surface area contributed by atoms with Gasteiger partial charge < -0.3 is 20.1 Å². The van der Waals surface area contributed by atoms with Gasteiger partial charge in [-0.25, -0.2) is 0 Å². The molecule has 1 saturated heterocycles. The van der Waals surface area contributed by atoms with Gasteiger partial charge in [-0.05, 0) is 43.4 Å². The third-order valence-corrected chi connectivity index (χ3v) is 6.47. The fourth-order valence-corrected chi connectivity index (χ4v) is 4.52. The molecular formula is C24H22BrN5O2. The maximum Gasteiger partial charge on any atom is 0.261 e. The summed E-state index contributed by atoms with van der Waals surface area (Å²) < 4.78 is 0.782. The van der Waals surface area contributed by atoms with E-state index < -0.39 is 5.91 Å². The van der Waals surface area contributed by atoms with Crippen molar-refractivity contribution in [3.05, 3.63) is 75.2 Å². The van der Waals surface area contributed by atoms with Crippen molar-refractivity contribution in [3.8, 4) is 0 Å². The average molecular weight is 492 g/mol. The number of nitrogens with zero attached hydrogens (tertiary/aromatic N) is 3. The predicted octanol–water partition coefficient (Wildman–Crippen LogP) is 3.84. The van der Waals surface area contributed by atoms with Gasteiger partial charge in [-0.15, -0.1) is 0 Å². The first-order valence-corrected chi connectivity index (χ1v) is 11.2. The van der Waals surface area contributed by atoms with Crippen molar-refractivity contribution in [3.63, 3.8) is 0 Å². The lowest BCUT2D eigenvalue weighted by Gasteiger charge is -2.34. The fourth-order valence-electron chi connectivity index (χ4n) is 4.16. The molecule has 8 heteroatoms. The standard InChI is InChI=1S/C24H22BrN5O2/c1-29-8-10-30(11-9-29)22-5-4-21(18-13-26-7-6-16(18)22)28-24(32)19-14-27-20-3-2-15(25)12-17(20)23(19)31/h2-7,12-14H,8-11H2,1H3,(H,27,31)(H,28,32). The maximum atomic E-state index is 13.1. The molecule has 32 heavy (non-hydrogen) atoms. The van der Waals surface area contributed by atoms with E-state index >= 15 is 0 Å². The van der Waals surface area contributed by atoms with Crippen LogP contribution in [-0.4, -0.2) is 54.0 Å². The van der Waals surface area contributed by atoms with Crippen molar-refractivity contribution in [1.82, 2.24) is 14.9 Å². The maximum absolute atomic E-state index is 13.1. The molecule has 162 valence electrons. The van der Waals surface area contributed by atoms with Crippen LogP contribution in [0, 0.1) is 0 Å². The van der Waals surface area contributed by atoms with Gasteiger partial charge in [-0.1, -0.05) is 15.9 Å². The lowest BCUT2D eigenvalue weighted by molar-refractivity contribution is 0.102. The normalized spacial score (nSPS) is 14.8. The zero-order valence-corrected chi connectivity index (χ0v) is 19.1. The summed E-state index contributed by atoms with van der Waals surface area (Å²) in [5.41, 5.74) is 2.19. The number of pyridine rings is 2. The summed E-state index contributed by atoms with van der Waals surface area (Å²) in [4.78, 5) is 38.0. The molecule has 1 aliphatic rings. The second kappa shape index (κ2) is 8.37. The molecule has 4 aromatic rings. The number of piperazine rings is 1. The Morgan fingerprint density at radius 1 is 1.06 bits per heavy atom. The number of fused-ring (bicyclic) bond motifs is 2. The Labute approximate surface area is 193 Å². The van der Waals surface area contributed by atoms with Crippen LogP contribution in [-0.2, 0) is 0 Å². The van der Waals surface area contributed by atoms with Crippen LogP contribution in [0.2, 0.25) is 0 Å². The van der Waals surface area contributed by atoms with Gasteiger partial charge in [0.2, 0.25) is 5.43 Å². The Bertz CT molecular complexity index is 1390. The van der Waals surface area contributed by atoms with Crippen LogP contribution < -0.4 is 15.6 Å². The number of aromatic amines is 1. The number of H-pyrrole nitrogens is 1. The molecule has 7 nitrogen and oxygen atoms in total. The highest BCUT2D eigenvalue weighted by molar-refractivity contribution is 9.10. The average Bonchev–Trinajstić information content (AvgIpc) is 2.80. The Balaban J connectivity index is 1.50. The number of rotatable bonds is 3. The zero-order chi connectivity index (χ0) is 22.2. The topological polar surface area (TPSA) is 81.3 Å². The number of carbonyl (C=O) groups is 1. The fraction of sp³-hybridized carbons (Fsp3) is 0.208. The number of hydrogen-bond acceptors (Lipinski definition) is 5. The minimum absolute atomic E-state index is 0.0655. The predicted molar refractivity (Wildman–Crippen MR) is 132 cm³/mol. The molecule has 0 atom stereocenters. The number of halogens is 1. The molecule has 2 aromatic carbocycles. The van der Waals surface area contributed by atoms with Crippen molar-refractivity contribution < 1.29 is 4.79 Å². The SMILES string of the molecule is CN1CCN(c2ccc(NC(=O)c3c[nH]c4ccc(Br)cc4c3=O)c3cnccc23)CC1. The Kier molecular flexibility index (Phi) is 5.40. The summed E-state index contributed by atoms with van der Waals surface area (Å²) in [5, 5.41) is 5.25. The minimum Gasteiger partial charge on any atom is -0.368 e. The van der Waals surface area contributed by atoms with Crippen LogP contribution in [0.25, 0.3) is 21.7 Å². The molecule has 0 aliphatic carbocycles. The first kappa shape index (κ1) is 20.7. The first-order chi connectivity index (χ1) is 15.5. The summed E-state index contributed by atoms with van der Waals surface area (Å²) in [6.07, 6.45) is 4.98. The molecule has 2 aromatic heterocycles. The third-order valence-electron chi connectivity index (χ3n) is 5.97. The first-order valence-electron chi connectivity index (χ1n) is 10.4. The van der Waals surface area contributed by atoms with E-state index in [1.54, 1.807) is 24.5 Å². The van der Waals surface area contributed by atoms with E-state index in [9.17, 15) is 9.59 Å². The van der Waals surface area contributed by atoms with Crippen molar-refractivity contribution in [1.29, 1.82) is 0 Å². The van der Waals surface area contributed by atoms with Gasteiger partial charge in [0.1, 0.15) is 5.56 Å². The molecule has 0 bridgehead atoms. The highest BCUT2D eigenvalue weighted by Crippen LogP contribution is 2.32. The van der Waals surface area contributed by atoms with E-state index in [2.05, 4.69) is 48.1 Å². The second-order valence-corrected chi connectivity index (χ2v) is 8.94. The van der Waals surface area contributed by atoms with Gasteiger partial charge in [-0.3, -0.25) is 14.6 Å². The molecule has 1 aliphatic heterocycles. The smallest absolute Gasteiger partial charge is 0.261 e. The number of aromatic nitrogens is 2. The number of anilines is 2. The summed E-state index contributed by atoms with van der Waals surface area (Å²) in [6, 6.07) is 11.3. The van der Waals surface area contributed by atoms with Crippen LogP contribution in [0.5, 0.6) is 0 Å². The molecule has 1 fully saturated rings. The lowest BCUT2D eigenvalue weighted by atomic mass is 10.1. The molecule has 0 spiro atoms. The van der Waals surface area contributed by atoms with Crippen LogP contribution in [0.4, 0.5) is 11.4 Å². The number of hydrogen-bond donors (Lipinski definition) is 2. The summed E-state index contributed by atoms with van der Waals surface area (Å²) in [5.74, 6) is -0.453. The lowest BCUT2D eigenvalue weighted by Crippen LogP contribution is -2.44. The number of amides is 1. The second-order valence-electron chi connectivity index (χ2n) is 8.02. The van der Waals surface area contributed by atoms with Gasteiger partial charge >= 0.3 is 0 Å². The van der Waals surface area contributed by atoms with Gasteiger partial charge in [-0.2, -0.15) is 0 Å². The van der Waals surface area contributed by atoms with Crippen molar-refractivity contribution in [2.45, 2.75) is 0 Å². The van der Waals surface area contributed by atoms with E-state index in [-0.39, 0.29) is 11.0 Å². The molecule has 0 saturated carbocycles. The van der Waals surface area contributed by atoms with Gasteiger partial charge in [0.05, 0.1) is 5.69 Å². The Morgan fingerprint density at radius 3 is 2.69 bits per heavy atom. The highest BCUT2D eigenvalue weighted by atomic mass is 79.9.